The summed E-state index contributed by atoms with van der Waals surface area (Å²) in [6.07, 6.45) is -4.79. The van der Waals surface area contributed by atoms with Gasteiger partial charge in [0.25, 0.3) is 0 Å². The Balaban J connectivity index is 2.90. The van der Waals surface area contributed by atoms with Gasteiger partial charge in [-0.1, -0.05) is 15.9 Å². The number of benzene rings is 1. The summed E-state index contributed by atoms with van der Waals surface area (Å²) in [5.41, 5.74) is 0.400. The number of ketones is 1. The molecule has 0 aliphatic rings. The summed E-state index contributed by atoms with van der Waals surface area (Å²) in [4.78, 5) is 11.1. The third kappa shape index (κ3) is 4.95. The zero-order valence-electron chi connectivity index (χ0n) is 8.35. The lowest BCUT2D eigenvalue weighted by Gasteiger charge is -2.10. The fraction of sp³-hybridized carbons (Fsp3) is 0.300. The Labute approximate surface area is 109 Å². The summed E-state index contributed by atoms with van der Waals surface area (Å²) >= 11 is 8.46. The van der Waals surface area contributed by atoms with Crippen molar-refractivity contribution in [2.45, 2.75) is 12.8 Å². The monoisotopic (exact) mass is 330 g/mol. The average molecular weight is 332 g/mol. The van der Waals surface area contributed by atoms with E-state index in [0.29, 0.717) is 10.0 Å². The van der Waals surface area contributed by atoms with Gasteiger partial charge in [0, 0.05) is 10.9 Å². The molecule has 0 bridgehead atoms. The van der Waals surface area contributed by atoms with Gasteiger partial charge in [0.15, 0.2) is 5.78 Å². The molecule has 94 valence electrons. The van der Waals surface area contributed by atoms with Gasteiger partial charge in [0.05, 0.1) is 5.88 Å². The van der Waals surface area contributed by atoms with E-state index in [9.17, 15) is 18.0 Å². The molecule has 0 amide bonds. The molecule has 0 saturated carbocycles. The zero-order chi connectivity index (χ0) is 13.1. The van der Waals surface area contributed by atoms with Crippen molar-refractivity contribution in [3.8, 4) is 5.75 Å². The Morgan fingerprint density at radius 1 is 1.41 bits per heavy atom. The molecule has 7 heteroatoms. The van der Waals surface area contributed by atoms with Crippen molar-refractivity contribution < 1.29 is 22.7 Å². The SMILES string of the molecule is O=C(CCl)Cc1cc(OC(F)(F)F)ccc1Br. The average Bonchev–Trinajstić information content (AvgIpc) is 2.20. The fourth-order valence-electron chi connectivity index (χ4n) is 1.14. The largest absolute Gasteiger partial charge is 0.573 e. The third-order valence-corrected chi connectivity index (χ3v) is 2.86. The quantitative estimate of drug-likeness (QED) is 0.787. The molecular formula is C10H7BrClF3O2. The first-order valence-electron chi connectivity index (χ1n) is 4.43. The number of hydrogen-bond donors (Lipinski definition) is 0. The van der Waals surface area contributed by atoms with Gasteiger partial charge in [-0.3, -0.25) is 4.79 Å². The summed E-state index contributed by atoms with van der Waals surface area (Å²) in [6.45, 7) is 0. The summed E-state index contributed by atoms with van der Waals surface area (Å²) in [6, 6.07) is 3.70. The highest BCUT2D eigenvalue weighted by Gasteiger charge is 2.31. The van der Waals surface area contributed by atoms with Gasteiger partial charge in [-0.2, -0.15) is 0 Å². The van der Waals surface area contributed by atoms with E-state index >= 15 is 0 Å². The highest BCUT2D eigenvalue weighted by Crippen LogP contribution is 2.27. The first kappa shape index (κ1) is 14.3. The molecule has 1 aromatic rings. The number of carbonyl (C=O) groups is 1. The maximum Gasteiger partial charge on any atom is 0.573 e. The molecule has 0 unspecified atom stereocenters. The number of carbonyl (C=O) groups excluding carboxylic acids is 1. The van der Waals surface area contributed by atoms with E-state index in [2.05, 4.69) is 20.7 Å². The Bertz CT molecular complexity index is 421. The van der Waals surface area contributed by atoms with Crippen LogP contribution in [-0.4, -0.2) is 18.0 Å². The van der Waals surface area contributed by atoms with Gasteiger partial charge >= 0.3 is 6.36 Å². The van der Waals surface area contributed by atoms with Crippen LogP contribution in [0.15, 0.2) is 22.7 Å². The van der Waals surface area contributed by atoms with Crippen LogP contribution >= 0.6 is 27.5 Å². The van der Waals surface area contributed by atoms with Crippen molar-refractivity contribution in [1.29, 1.82) is 0 Å². The topological polar surface area (TPSA) is 26.3 Å². The molecule has 0 saturated heterocycles. The fourth-order valence-corrected chi connectivity index (χ4v) is 1.62. The van der Waals surface area contributed by atoms with Gasteiger partial charge in [-0.05, 0) is 23.8 Å². The molecule has 0 N–H and O–H groups in total. The Hall–Kier alpha value is -0.750. The minimum Gasteiger partial charge on any atom is -0.406 e. The van der Waals surface area contributed by atoms with Crippen molar-refractivity contribution in [2.75, 3.05) is 5.88 Å². The van der Waals surface area contributed by atoms with Gasteiger partial charge in [-0.25, -0.2) is 0 Å². The smallest absolute Gasteiger partial charge is 0.406 e. The van der Waals surface area contributed by atoms with E-state index < -0.39 is 6.36 Å². The maximum absolute atomic E-state index is 12.0. The highest BCUT2D eigenvalue weighted by atomic mass is 79.9. The molecule has 17 heavy (non-hydrogen) atoms. The van der Waals surface area contributed by atoms with Crippen molar-refractivity contribution in [3.05, 3.63) is 28.2 Å². The van der Waals surface area contributed by atoms with Gasteiger partial charge in [0.1, 0.15) is 5.75 Å². The minimum absolute atomic E-state index is 0.0425. The third-order valence-electron chi connectivity index (χ3n) is 1.79. The van der Waals surface area contributed by atoms with E-state index in [-0.39, 0.29) is 23.8 Å². The maximum atomic E-state index is 12.0. The Kier molecular flexibility index (Phi) is 4.82. The van der Waals surface area contributed by atoms with E-state index in [4.69, 9.17) is 11.6 Å². The highest BCUT2D eigenvalue weighted by molar-refractivity contribution is 9.10. The molecule has 0 spiro atoms. The van der Waals surface area contributed by atoms with Crippen molar-refractivity contribution in [1.82, 2.24) is 0 Å². The number of halogens is 5. The molecule has 0 fully saturated rings. The van der Waals surface area contributed by atoms with E-state index in [1.807, 2.05) is 0 Å². The van der Waals surface area contributed by atoms with Gasteiger partial charge in [-0.15, -0.1) is 24.8 Å². The predicted molar refractivity (Wildman–Crippen MR) is 60.3 cm³/mol. The zero-order valence-corrected chi connectivity index (χ0v) is 10.7. The Morgan fingerprint density at radius 2 is 2.06 bits per heavy atom. The molecule has 0 radical (unpaired) electrons. The summed E-state index contributed by atoms with van der Waals surface area (Å²) in [5.74, 6) is -0.828. The summed E-state index contributed by atoms with van der Waals surface area (Å²) in [5, 5.41) is 0. The Morgan fingerprint density at radius 3 is 2.59 bits per heavy atom. The number of rotatable bonds is 4. The normalized spacial score (nSPS) is 11.4. The molecule has 0 aliphatic heterocycles. The van der Waals surface area contributed by atoms with Crippen molar-refractivity contribution in [3.63, 3.8) is 0 Å². The molecule has 0 aromatic heterocycles. The minimum atomic E-state index is -4.75. The number of hydrogen-bond acceptors (Lipinski definition) is 2. The molecule has 1 aromatic carbocycles. The molecule has 0 heterocycles. The summed E-state index contributed by atoms with van der Waals surface area (Å²) in [7, 11) is 0. The van der Waals surface area contributed by atoms with Crippen LogP contribution in [0.3, 0.4) is 0 Å². The first-order chi connectivity index (χ1) is 7.81. The number of alkyl halides is 4. The van der Waals surface area contributed by atoms with Crippen LogP contribution in [0.1, 0.15) is 5.56 Å². The van der Waals surface area contributed by atoms with Crippen molar-refractivity contribution in [2.24, 2.45) is 0 Å². The van der Waals surface area contributed by atoms with Crippen LogP contribution in [0.25, 0.3) is 0 Å². The van der Waals surface area contributed by atoms with Crippen LogP contribution in [0.5, 0.6) is 5.75 Å². The van der Waals surface area contributed by atoms with E-state index in [0.717, 1.165) is 12.1 Å². The van der Waals surface area contributed by atoms with Crippen LogP contribution in [0.2, 0.25) is 0 Å². The van der Waals surface area contributed by atoms with Crippen LogP contribution in [0, 0.1) is 0 Å². The molecule has 0 aliphatic carbocycles. The second-order valence-corrected chi connectivity index (χ2v) is 4.27. The number of ether oxygens (including phenoxy) is 1. The number of Topliss-reactive ketones (excluding diaryl/α,β-unsaturated/α-hetero) is 1. The second-order valence-electron chi connectivity index (χ2n) is 3.15. The predicted octanol–water partition coefficient (Wildman–Crippen LogP) is 3.70. The van der Waals surface area contributed by atoms with E-state index in [1.54, 1.807) is 0 Å². The van der Waals surface area contributed by atoms with Gasteiger partial charge < -0.3 is 4.74 Å². The second kappa shape index (κ2) is 5.73. The first-order valence-corrected chi connectivity index (χ1v) is 5.76. The molecule has 1 rings (SSSR count). The standard InChI is InChI=1S/C10H7BrClF3O2/c11-9-2-1-8(17-10(13,14)15)4-6(9)3-7(16)5-12/h1-2,4H,3,5H2. The summed E-state index contributed by atoms with van der Waals surface area (Å²) < 4.78 is 40.2. The van der Waals surface area contributed by atoms with Crippen molar-refractivity contribution >= 4 is 33.3 Å². The van der Waals surface area contributed by atoms with Crippen LogP contribution in [0.4, 0.5) is 13.2 Å². The van der Waals surface area contributed by atoms with Gasteiger partial charge in [0.2, 0.25) is 0 Å². The van der Waals surface area contributed by atoms with Crippen LogP contribution < -0.4 is 4.74 Å². The lowest BCUT2D eigenvalue weighted by molar-refractivity contribution is -0.274. The molecule has 2 nitrogen and oxygen atoms in total. The lowest BCUT2D eigenvalue weighted by Crippen LogP contribution is -2.17. The molecular weight excluding hydrogens is 324 g/mol. The van der Waals surface area contributed by atoms with E-state index in [1.165, 1.54) is 6.07 Å². The van der Waals surface area contributed by atoms with Crippen LogP contribution in [-0.2, 0) is 11.2 Å². The molecule has 0 atom stereocenters. The lowest BCUT2D eigenvalue weighted by atomic mass is 10.1.